The standard InChI is InChI=1S/C16H24N2O/c1-17-8-3-9-18(11-10-17)16-5-2-4-13-6-7-14(19)12-15(13)16/h6-7,12,16,19H,2-5,8-11H2,1H3. The smallest absolute Gasteiger partial charge is 0.115 e. The molecule has 3 nitrogen and oxygen atoms in total. The van der Waals surface area contributed by atoms with E-state index in [1.165, 1.54) is 49.9 Å². The van der Waals surface area contributed by atoms with Crippen LogP contribution >= 0.6 is 0 Å². The van der Waals surface area contributed by atoms with Crippen molar-refractivity contribution in [1.29, 1.82) is 0 Å². The first kappa shape index (κ1) is 12.9. The number of rotatable bonds is 1. The molecule has 0 bridgehead atoms. The van der Waals surface area contributed by atoms with Gasteiger partial charge in [-0.05, 0) is 62.5 Å². The van der Waals surface area contributed by atoms with Crippen LogP contribution in [0.15, 0.2) is 18.2 Å². The number of benzene rings is 1. The van der Waals surface area contributed by atoms with Gasteiger partial charge >= 0.3 is 0 Å². The van der Waals surface area contributed by atoms with Crippen molar-refractivity contribution in [2.45, 2.75) is 31.7 Å². The molecule has 2 aliphatic rings. The number of hydrogen-bond acceptors (Lipinski definition) is 3. The summed E-state index contributed by atoms with van der Waals surface area (Å²) in [6, 6.07) is 6.45. The summed E-state index contributed by atoms with van der Waals surface area (Å²) in [5.74, 6) is 0.414. The van der Waals surface area contributed by atoms with Gasteiger partial charge in [0.25, 0.3) is 0 Å². The van der Waals surface area contributed by atoms with Crippen molar-refractivity contribution in [2.24, 2.45) is 0 Å². The number of nitrogens with zero attached hydrogens (tertiary/aromatic N) is 2. The van der Waals surface area contributed by atoms with E-state index in [4.69, 9.17) is 0 Å². The lowest BCUT2D eigenvalue weighted by molar-refractivity contribution is 0.184. The first-order valence-electron chi connectivity index (χ1n) is 7.48. The second-order valence-corrected chi connectivity index (χ2v) is 5.98. The van der Waals surface area contributed by atoms with Crippen molar-refractivity contribution in [1.82, 2.24) is 9.80 Å². The molecule has 0 aromatic heterocycles. The highest BCUT2D eigenvalue weighted by atomic mass is 16.3. The molecule has 0 amide bonds. The summed E-state index contributed by atoms with van der Waals surface area (Å²) in [6.45, 7) is 4.70. The summed E-state index contributed by atoms with van der Waals surface area (Å²) in [7, 11) is 2.21. The maximum absolute atomic E-state index is 9.78. The Morgan fingerprint density at radius 2 is 2.00 bits per heavy atom. The summed E-state index contributed by atoms with van der Waals surface area (Å²) in [5, 5.41) is 9.78. The van der Waals surface area contributed by atoms with Gasteiger partial charge in [-0.25, -0.2) is 0 Å². The van der Waals surface area contributed by atoms with Gasteiger partial charge in [-0.1, -0.05) is 6.07 Å². The van der Waals surface area contributed by atoms with E-state index in [-0.39, 0.29) is 0 Å². The Labute approximate surface area is 115 Å². The van der Waals surface area contributed by atoms with Crippen LogP contribution in [0.4, 0.5) is 0 Å². The molecule has 0 spiro atoms. The molecule has 0 saturated carbocycles. The Morgan fingerprint density at radius 1 is 1.11 bits per heavy atom. The van der Waals surface area contributed by atoms with E-state index < -0.39 is 0 Å². The molecule has 1 aliphatic carbocycles. The predicted molar refractivity (Wildman–Crippen MR) is 77.5 cm³/mol. The Balaban J connectivity index is 1.84. The van der Waals surface area contributed by atoms with Crippen LogP contribution in [-0.4, -0.2) is 48.1 Å². The third kappa shape index (κ3) is 2.77. The van der Waals surface area contributed by atoms with Crippen LogP contribution in [0.1, 0.15) is 36.4 Å². The monoisotopic (exact) mass is 260 g/mol. The minimum atomic E-state index is 0.414. The summed E-state index contributed by atoms with van der Waals surface area (Å²) >= 11 is 0. The van der Waals surface area contributed by atoms with Gasteiger partial charge in [-0.2, -0.15) is 0 Å². The maximum atomic E-state index is 9.78. The van der Waals surface area contributed by atoms with Gasteiger partial charge in [0, 0.05) is 25.7 Å². The first-order valence-corrected chi connectivity index (χ1v) is 7.48. The van der Waals surface area contributed by atoms with Crippen LogP contribution in [0.3, 0.4) is 0 Å². The topological polar surface area (TPSA) is 26.7 Å². The number of hydrogen-bond donors (Lipinski definition) is 1. The Hall–Kier alpha value is -1.06. The highest BCUT2D eigenvalue weighted by Crippen LogP contribution is 2.36. The van der Waals surface area contributed by atoms with Crippen LogP contribution in [0, 0.1) is 0 Å². The zero-order valence-corrected chi connectivity index (χ0v) is 11.8. The number of likely N-dealkylation sites (N-methyl/N-ethyl adjacent to an activating group) is 1. The van der Waals surface area contributed by atoms with Gasteiger partial charge in [0.1, 0.15) is 5.75 Å². The third-order valence-electron chi connectivity index (χ3n) is 4.61. The number of phenols is 1. The molecular weight excluding hydrogens is 236 g/mol. The molecular formula is C16H24N2O. The number of aromatic hydroxyl groups is 1. The molecule has 19 heavy (non-hydrogen) atoms. The van der Waals surface area contributed by atoms with Crippen molar-refractivity contribution >= 4 is 0 Å². The van der Waals surface area contributed by atoms with Crippen LogP contribution < -0.4 is 0 Å². The van der Waals surface area contributed by atoms with Crippen molar-refractivity contribution in [3.63, 3.8) is 0 Å². The Bertz CT molecular complexity index is 446. The lowest BCUT2D eigenvalue weighted by atomic mass is 9.86. The fourth-order valence-corrected chi connectivity index (χ4v) is 3.52. The van der Waals surface area contributed by atoms with Crippen molar-refractivity contribution in [2.75, 3.05) is 33.2 Å². The zero-order chi connectivity index (χ0) is 13.2. The predicted octanol–water partition coefficient (Wildman–Crippen LogP) is 2.41. The van der Waals surface area contributed by atoms with Crippen molar-refractivity contribution < 1.29 is 5.11 Å². The maximum Gasteiger partial charge on any atom is 0.115 e. The van der Waals surface area contributed by atoms with Crippen molar-refractivity contribution in [3.05, 3.63) is 29.3 Å². The number of fused-ring (bicyclic) bond motifs is 1. The number of phenolic OH excluding ortho intramolecular Hbond substituents is 1. The average Bonchev–Trinajstić information content (AvgIpc) is 2.63. The van der Waals surface area contributed by atoms with Gasteiger partial charge in [-0.3, -0.25) is 4.90 Å². The highest BCUT2D eigenvalue weighted by Gasteiger charge is 2.27. The lowest BCUT2D eigenvalue weighted by Crippen LogP contribution is -2.34. The van der Waals surface area contributed by atoms with E-state index in [0.717, 1.165) is 13.1 Å². The van der Waals surface area contributed by atoms with Crippen LogP contribution in [-0.2, 0) is 6.42 Å². The quantitative estimate of drug-likeness (QED) is 0.840. The molecule has 3 heteroatoms. The lowest BCUT2D eigenvalue weighted by Gasteiger charge is -2.35. The summed E-state index contributed by atoms with van der Waals surface area (Å²) < 4.78 is 0. The van der Waals surface area contributed by atoms with Crippen LogP contribution in [0.25, 0.3) is 0 Å². The summed E-state index contributed by atoms with van der Waals surface area (Å²) in [6.07, 6.45) is 4.93. The molecule has 0 radical (unpaired) electrons. The van der Waals surface area contributed by atoms with E-state index >= 15 is 0 Å². The third-order valence-corrected chi connectivity index (χ3v) is 4.61. The van der Waals surface area contributed by atoms with Gasteiger partial charge in [0.2, 0.25) is 0 Å². The largest absolute Gasteiger partial charge is 0.508 e. The fourth-order valence-electron chi connectivity index (χ4n) is 3.52. The molecule has 104 valence electrons. The first-order chi connectivity index (χ1) is 9.24. The minimum absolute atomic E-state index is 0.414. The molecule has 3 rings (SSSR count). The van der Waals surface area contributed by atoms with Gasteiger partial charge in [-0.15, -0.1) is 0 Å². The van der Waals surface area contributed by atoms with E-state index in [2.05, 4.69) is 22.9 Å². The molecule has 1 heterocycles. The van der Waals surface area contributed by atoms with E-state index in [1.54, 1.807) is 0 Å². The molecule has 1 aromatic rings. The summed E-state index contributed by atoms with van der Waals surface area (Å²) in [4.78, 5) is 5.05. The Morgan fingerprint density at radius 3 is 2.89 bits per heavy atom. The van der Waals surface area contributed by atoms with E-state index in [0.29, 0.717) is 11.8 Å². The molecule has 1 unspecified atom stereocenters. The summed E-state index contributed by atoms with van der Waals surface area (Å²) in [5.41, 5.74) is 2.81. The van der Waals surface area contributed by atoms with Crippen LogP contribution in [0.5, 0.6) is 5.75 Å². The van der Waals surface area contributed by atoms with E-state index in [1.807, 2.05) is 12.1 Å². The van der Waals surface area contributed by atoms with Crippen LogP contribution in [0.2, 0.25) is 0 Å². The second kappa shape index (κ2) is 5.51. The van der Waals surface area contributed by atoms with Gasteiger partial charge in [0.15, 0.2) is 0 Å². The normalized spacial score (nSPS) is 25.8. The molecule has 1 N–H and O–H groups in total. The van der Waals surface area contributed by atoms with E-state index in [9.17, 15) is 5.11 Å². The number of aryl methyl sites for hydroxylation is 1. The van der Waals surface area contributed by atoms with Gasteiger partial charge < -0.3 is 10.0 Å². The molecule has 1 atom stereocenters. The average molecular weight is 260 g/mol. The molecule has 1 saturated heterocycles. The molecule has 1 aromatic carbocycles. The SMILES string of the molecule is CN1CCCN(C2CCCc3ccc(O)cc32)CC1. The minimum Gasteiger partial charge on any atom is -0.508 e. The fraction of sp³-hybridized carbons (Fsp3) is 0.625. The highest BCUT2D eigenvalue weighted by molar-refractivity contribution is 5.38. The zero-order valence-electron chi connectivity index (χ0n) is 11.8. The molecule has 1 fully saturated rings. The molecule has 1 aliphatic heterocycles. The van der Waals surface area contributed by atoms with Gasteiger partial charge in [0.05, 0.1) is 0 Å². The Kier molecular flexibility index (Phi) is 3.76. The van der Waals surface area contributed by atoms with Crippen molar-refractivity contribution in [3.8, 4) is 5.75 Å². The second-order valence-electron chi connectivity index (χ2n) is 5.98.